The van der Waals surface area contributed by atoms with Crippen LogP contribution in [0.1, 0.15) is 12.0 Å². The summed E-state index contributed by atoms with van der Waals surface area (Å²) in [4.78, 5) is 12.8. The first-order valence-electron chi connectivity index (χ1n) is 9.17. The third kappa shape index (κ3) is 5.08. The molecule has 0 fully saturated rings. The molecule has 0 unspecified atom stereocenters. The summed E-state index contributed by atoms with van der Waals surface area (Å²) in [7, 11) is -3.50. The highest BCUT2D eigenvalue weighted by Crippen LogP contribution is 2.35. The van der Waals surface area contributed by atoms with Crippen molar-refractivity contribution < 1.29 is 22.7 Å². The average Bonchev–Trinajstić information content (AvgIpc) is 2.86. The molecule has 0 bridgehead atoms. The first-order valence-corrected chi connectivity index (χ1v) is 11.0. The molecule has 1 aliphatic heterocycles. The van der Waals surface area contributed by atoms with E-state index in [1.54, 1.807) is 42.5 Å². The molecule has 8 heteroatoms. The number of fused-ring (bicyclic) bond motifs is 1. The van der Waals surface area contributed by atoms with E-state index in [0.29, 0.717) is 29.5 Å². The van der Waals surface area contributed by atoms with E-state index in [1.165, 1.54) is 4.31 Å². The van der Waals surface area contributed by atoms with Crippen LogP contribution in [0, 0.1) is 6.92 Å². The predicted octanol–water partition coefficient (Wildman–Crippen LogP) is 3.12. The lowest BCUT2D eigenvalue weighted by molar-refractivity contribution is -0.122. The third-order valence-corrected chi connectivity index (χ3v) is 5.61. The highest BCUT2D eigenvalue weighted by Gasteiger charge is 2.31. The Hall–Kier alpha value is -3.00. The van der Waals surface area contributed by atoms with E-state index >= 15 is 0 Å². The van der Waals surface area contributed by atoms with Crippen molar-refractivity contribution in [3.8, 4) is 11.5 Å². The first kappa shape index (κ1) is 20.7. The van der Waals surface area contributed by atoms with Crippen molar-refractivity contribution in [2.24, 2.45) is 0 Å². The molecule has 1 amide bonds. The van der Waals surface area contributed by atoms with Gasteiger partial charge in [0.1, 0.15) is 18.1 Å². The van der Waals surface area contributed by atoms with Crippen molar-refractivity contribution >= 4 is 27.3 Å². The van der Waals surface area contributed by atoms with E-state index in [2.05, 4.69) is 11.9 Å². The van der Waals surface area contributed by atoms with E-state index < -0.39 is 16.1 Å². The number of hydrogen-bond donors (Lipinski definition) is 1. The third-order valence-electron chi connectivity index (χ3n) is 4.43. The summed E-state index contributed by atoms with van der Waals surface area (Å²) in [5.41, 5.74) is 1.95. The molecule has 0 aliphatic carbocycles. The van der Waals surface area contributed by atoms with Crippen LogP contribution in [0.25, 0.3) is 0 Å². The molecule has 0 saturated heterocycles. The van der Waals surface area contributed by atoms with E-state index in [-0.39, 0.29) is 18.9 Å². The van der Waals surface area contributed by atoms with Gasteiger partial charge >= 0.3 is 0 Å². The van der Waals surface area contributed by atoms with Gasteiger partial charge < -0.3 is 14.8 Å². The van der Waals surface area contributed by atoms with Gasteiger partial charge in [-0.15, -0.1) is 0 Å². The zero-order valence-corrected chi connectivity index (χ0v) is 17.2. The van der Waals surface area contributed by atoms with Gasteiger partial charge in [-0.3, -0.25) is 9.10 Å². The van der Waals surface area contributed by atoms with Crippen molar-refractivity contribution in [3.63, 3.8) is 0 Å². The van der Waals surface area contributed by atoms with Gasteiger partial charge in [-0.25, -0.2) is 8.42 Å². The number of anilines is 2. The Labute approximate surface area is 171 Å². The first-order chi connectivity index (χ1) is 13.8. The molecule has 0 radical (unpaired) electrons. The maximum absolute atomic E-state index is 12.8. The van der Waals surface area contributed by atoms with Crippen LogP contribution in [0.5, 0.6) is 11.5 Å². The van der Waals surface area contributed by atoms with Crippen molar-refractivity contribution in [1.29, 1.82) is 0 Å². The van der Waals surface area contributed by atoms with Crippen molar-refractivity contribution in [3.05, 3.63) is 60.7 Å². The van der Waals surface area contributed by atoms with Crippen molar-refractivity contribution in [1.82, 2.24) is 0 Å². The van der Waals surface area contributed by atoms with Crippen LogP contribution < -0.4 is 19.1 Å². The Morgan fingerprint density at radius 1 is 1.31 bits per heavy atom. The maximum Gasteiger partial charge on any atom is 0.265 e. The SMILES string of the molecule is C=CCOc1ccc(NC(=O)[C@@H]2CCN(S(C)(=O)=O)c3cc(C)ccc3O2)cc1. The van der Waals surface area contributed by atoms with Crippen LogP contribution in [0.15, 0.2) is 55.1 Å². The summed E-state index contributed by atoms with van der Waals surface area (Å²) in [6, 6.07) is 12.2. The molecule has 0 aromatic heterocycles. The van der Waals surface area contributed by atoms with Crippen molar-refractivity contribution in [2.75, 3.05) is 29.0 Å². The molecule has 0 saturated carbocycles. The molecule has 3 rings (SSSR count). The van der Waals surface area contributed by atoms with E-state index in [9.17, 15) is 13.2 Å². The molecule has 1 aliphatic rings. The highest BCUT2D eigenvalue weighted by atomic mass is 32.2. The number of benzene rings is 2. The van der Waals surface area contributed by atoms with Crippen LogP contribution in [0.2, 0.25) is 0 Å². The number of sulfonamides is 1. The lowest BCUT2D eigenvalue weighted by atomic mass is 10.2. The second kappa shape index (κ2) is 8.57. The molecule has 29 heavy (non-hydrogen) atoms. The predicted molar refractivity (Wildman–Crippen MR) is 113 cm³/mol. The fourth-order valence-corrected chi connectivity index (χ4v) is 3.97. The number of rotatable bonds is 6. The van der Waals surface area contributed by atoms with Gasteiger partial charge in [0.25, 0.3) is 5.91 Å². The molecule has 1 atom stereocenters. The van der Waals surface area contributed by atoms with Crippen LogP contribution in [-0.4, -0.2) is 39.8 Å². The summed E-state index contributed by atoms with van der Waals surface area (Å²) in [6.07, 6.45) is 2.21. The number of nitrogens with one attached hydrogen (secondary N) is 1. The van der Waals surface area contributed by atoms with E-state index in [0.717, 1.165) is 11.8 Å². The molecule has 7 nitrogen and oxygen atoms in total. The summed E-state index contributed by atoms with van der Waals surface area (Å²) in [5.74, 6) is 0.695. The Morgan fingerprint density at radius 3 is 2.69 bits per heavy atom. The molecular weight excluding hydrogens is 392 g/mol. The topological polar surface area (TPSA) is 84.9 Å². The van der Waals surface area contributed by atoms with Gasteiger partial charge in [0.05, 0.1) is 11.9 Å². The number of carbonyl (C=O) groups excluding carboxylic acids is 1. The lowest BCUT2D eigenvalue weighted by Crippen LogP contribution is -2.35. The number of carbonyl (C=O) groups is 1. The molecule has 1 N–H and O–H groups in total. The standard InChI is InChI=1S/C21H24N2O5S/c1-4-13-27-17-8-6-16(7-9-17)22-21(24)20-11-12-23(29(3,25)26)18-14-15(2)5-10-19(18)28-20/h4-10,14,20H,1,11-13H2,2-3H3,(H,22,24)/t20-/m0/s1. The Balaban J connectivity index is 1.77. The number of hydrogen-bond acceptors (Lipinski definition) is 5. The summed E-state index contributed by atoms with van der Waals surface area (Å²) >= 11 is 0. The van der Waals surface area contributed by atoms with Crippen LogP contribution in [0.4, 0.5) is 11.4 Å². The van der Waals surface area contributed by atoms with Crippen LogP contribution in [-0.2, 0) is 14.8 Å². The van der Waals surface area contributed by atoms with E-state index in [4.69, 9.17) is 9.47 Å². The molecule has 154 valence electrons. The Morgan fingerprint density at radius 2 is 2.03 bits per heavy atom. The second-order valence-electron chi connectivity index (χ2n) is 6.81. The molecule has 1 heterocycles. The summed E-state index contributed by atoms with van der Waals surface area (Å²) < 4.78 is 37.1. The van der Waals surface area contributed by atoms with Gasteiger partial charge in [-0.05, 0) is 48.9 Å². The average molecular weight is 416 g/mol. The quantitative estimate of drug-likeness (QED) is 0.732. The monoisotopic (exact) mass is 416 g/mol. The molecule has 2 aromatic carbocycles. The van der Waals surface area contributed by atoms with Crippen LogP contribution in [0.3, 0.4) is 0 Å². The van der Waals surface area contributed by atoms with Gasteiger partial charge in [-0.2, -0.15) is 0 Å². The van der Waals surface area contributed by atoms with Crippen molar-refractivity contribution in [2.45, 2.75) is 19.4 Å². The molecule has 2 aromatic rings. The minimum Gasteiger partial charge on any atom is -0.490 e. The zero-order chi connectivity index (χ0) is 21.0. The van der Waals surface area contributed by atoms with Gasteiger partial charge in [0.15, 0.2) is 6.10 Å². The van der Waals surface area contributed by atoms with Gasteiger partial charge in [0, 0.05) is 18.7 Å². The number of nitrogens with zero attached hydrogens (tertiary/aromatic N) is 1. The fraction of sp³-hybridized carbons (Fsp3) is 0.286. The smallest absolute Gasteiger partial charge is 0.265 e. The number of aryl methyl sites for hydroxylation is 1. The summed E-state index contributed by atoms with van der Waals surface area (Å²) in [5, 5.41) is 2.81. The lowest BCUT2D eigenvalue weighted by Gasteiger charge is -2.21. The molecular formula is C21H24N2O5S. The van der Waals surface area contributed by atoms with Gasteiger partial charge in [-0.1, -0.05) is 18.7 Å². The second-order valence-corrected chi connectivity index (χ2v) is 8.72. The fourth-order valence-electron chi connectivity index (χ4n) is 3.03. The largest absolute Gasteiger partial charge is 0.490 e. The Bertz CT molecular complexity index is 1000. The Kier molecular flexibility index (Phi) is 6.12. The minimum atomic E-state index is -3.50. The number of ether oxygens (including phenoxy) is 2. The number of amides is 1. The van der Waals surface area contributed by atoms with Crippen LogP contribution >= 0.6 is 0 Å². The maximum atomic E-state index is 12.8. The van der Waals surface area contributed by atoms with Gasteiger partial charge in [0.2, 0.25) is 10.0 Å². The molecule has 0 spiro atoms. The highest BCUT2D eigenvalue weighted by molar-refractivity contribution is 7.92. The minimum absolute atomic E-state index is 0.154. The zero-order valence-electron chi connectivity index (χ0n) is 16.4. The summed E-state index contributed by atoms with van der Waals surface area (Å²) in [6.45, 7) is 6.02. The van der Waals surface area contributed by atoms with E-state index in [1.807, 2.05) is 13.0 Å². The normalized spacial score (nSPS) is 16.2.